The molecule has 0 bridgehead atoms. The molecule has 0 radical (unpaired) electrons. The standard InChI is InChI=1S/C17H24BNO3.C16H17F3N2O2.C14H18N2O.C11H12BrNO.C5H5BrF3NO.C3H6BrN/c1-6-7-8-15-19-13-10-9-12(11-14(13)20-15)18-21-16(2,3)17(4,5)22-18;1-3-4-5-14-21-12-7-6-11(8-13(12)23-14)10(2)9-20-15(22)16(17,18)19;1-3-4-5-14-16-12-7-6-11(10(2)9-15)8-13(12)17-14;1-2-3-4-11-13-9-6-5-8(12)7-10(9)14-11;1-3(6)2-10-4(11)5(7,8)9;1-3(4)2-5/h9-11H,6-8H2,1-5H3;6-8H,2-5,9H2,1H3,(H,20,22);6-8H,2-5,9,15H2,1H3;5-7H,2-4H2,1H3;1-2H2,(H,10,11);1-2,5H2. The maximum Gasteiger partial charge on any atom is 0.494 e. The molecule has 0 saturated carbocycles. The van der Waals surface area contributed by atoms with E-state index in [1.165, 1.54) is 6.42 Å². The normalized spacial score (nSPS) is 13.1. The molecule has 8 aromatic rings. The van der Waals surface area contributed by atoms with Gasteiger partial charge in [0.15, 0.2) is 45.9 Å². The van der Waals surface area contributed by atoms with E-state index in [0.717, 1.165) is 147 Å². The Hall–Kier alpha value is -6.42. The Kier molecular flexibility index (Phi) is 31.3. The lowest BCUT2D eigenvalue weighted by atomic mass is 9.79. The summed E-state index contributed by atoms with van der Waals surface area (Å²) in [4.78, 5) is 38.6. The monoisotopic (exact) mass is 1480 g/mol. The largest absolute Gasteiger partial charge is 0.494 e. The number of hydrogen-bond donors (Lipinski definition) is 4. The van der Waals surface area contributed by atoms with Crippen molar-refractivity contribution in [3.63, 3.8) is 0 Å². The van der Waals surface area contributed by atoms with Gasteiger partial charge in [-0.1, -0.05) is 146 Å². The average Bonchev–Trinajstić information content (AvgIpc) is 1.63. The van der Waals surface area contributed by atoms with Crippen molar-refractivity contribution in [3.8, 4) is 0 Å². The predicted octanol–water partition coefficient (Wildman–Crippen LogP) is 16.8. The number of rotatable bonds is 21. The molecule has 500 valence electrons. The lowest BCUT2D eigenvalue weighted by Gasteiger charge is -2.32. The van der Waals surface area contributed by atoms with E-state index in [1.54, 1.807) is 28.8 Å². The number of nitrogens with one attached hydrogen (secondary N) is 2. The van der Waals surface area contributed by atoms with Crippen LogP contribution in [0.1, 0.15) is 141 Å². The SMILES string of the molecule is C=C(Br)CN.C=C(Br)CNC(=O)C(F)(F)F.C=C(CN)c1ccc2nc(CCCC)oc2c1.C=C(CNC(=O)C(F)(F)F)c1ccc2nc(CCCC)oc2c1.CCCCc1nc2ccc(B3OC(C)(C)C(C)(C)O3)cc2o1.CCCCc1nc2ccc(Br)cc2o1. The molecule has 0 spiro atoms. The van der Waals surface area contributed by atoms with Gasteiger partial charge in [-0.2, -0.15) is 26.3 Å². The second kappa shape index (κ2) is 36.9. The fourth-order valence-corrected chi connectivity index (χ4v) is 8.45. The Balaban J connectivity index is 0.000000246. The van der Waals surface area contributed by atoms with E-state index >= 15 is 0 Å². The minimum Gasteiger partial charge on any atom is -0.441 e. The van der Waals surface area contributed by atoms with Crippen LogP contribution in [0.4, 0.5) is 26.3 Å². The number of carbonyl (C=O) groups is 2. The van der Waals surface area contributed by atoms with Crippen molar-refractivity contribution in [2.45, 2.75) is 156 Å². The molecule has 26 heteroatoms. The van der Waals surface area contributed by atoms with E-state index < -0.39 is 24.2 Å². The van der Waals surface area contributed by atoms with Crippen LogP contribution in [0.2, 0.25) is 0 Å². The smallest absolute Gasteiger partial charge is 0.441 e. The van der Waals surface area contributed by atoms with Crippen LogP contribution in [-0.4, -0.2) is 88.6 Å². The van der Waals surface area contributed by atoms with Crippen molar-refractivity contribution >= 4 is 128 Å². The van der Waals surface area contributed by atoms with Gasteiger partial charge >= 0.3 is 31.3 Å². The summed E-state index contributed by atoms with van der Waals surface area (Å²) in [6.07, 6.45) is 2.52. The zero-order valence-electron chi connectivity index (χ0n) is 53.3. The number of unbranched alkanes of at least 4 members (excludes halogenated alkanes) is 4. The third-order valence-corrected chi connectivity index (χ3v) is 15.0. The number of aryl methyl sites for hydroxylation is 4. The summed E-state index contributed by atoms with van der Waals surface area (Å²) in [5, 5.41) is 3.40. The number of hydrogen-bond acceptors (Lipinski definition) is 14. The van der Waals surface area contributed by atoms with Crippen LogP contribution in [0.5, 0.6) is 0 Å². The zero-order chi connectivity index (χ0) is 68.6. The molecule has 9 rings (SSSR count). The number of benzene rings is 4. The Labute approximate surface area is 558 Å². The number of amides is 2. The van der Waals surface area contributed by atoms with E-state index in [-0.39, 0.29) is 35.9 Å². The van der Waals surface area contributed by atoms with E-state index in [4.69, 9.17) is 38.4 Å². The second-order valence-corrected chi connectivity index (χ2v) is 25.3. The molecule has 16 nitrogen and oxygen atoms in total. The molecule has 0 aliphatic carbocycles. The lowest BCUT2D eigenvalue weighted by molar-refractivity contribution is -0.173. The van der Waals surface area contributed by atoms with Crippen LogP contribution < -0.4 is 27.6 Å². The topological polar surface area (TPSA) is 233 Å². The highest BCUT2D eigenvalue weighted by Gasteiger charge is 2.52. The molecule has 4 aromatic carbocycles. The van der Waals surface area contributed by atoms with Gasteiger partial charge in [0.25, 0.3) is 0 Å². The Morgan fingerprint density at radius 2 is 0.848 bits per heavy atom. The van der Waals surface area contributed by atoms with Gasteiger partial charge < -0.3 is 49.1 Å². The Morgan fingerprint density at radius 1 is 0.511 bits per heavy atom. The van der Waals surface area contributed by atoms with Crippen LogP contribution in [0, 0.1) is 0 Å². The van der Waals surface area contributed by atoms with E-state index in [2.05, 4.69) is 149 Å². The summed E-state index contributed by atoms with van der Waals surface area (Å²) in [6, 6.07) is 22.9. The van der Waals surface area contributed by atoms with Gasteiger partial charge in [-0.15, -0.1) is 0 Å². The van der Waals surface area contributed by atoms with Gasteiger partial charge in [0, 0.05) is 65.3 Å². The molecule has 5 heterocycles. The van der Waals surface area contributed by atoms with Gasteiger partial charge in [0.05, 0.1) is 11.2 Å². The summed E-state index contributed by atoms with van der Waals surface area (Å²) in [5.41, 5.74) is 20.3. The van der Waals surface area contributed by atoms with Crippen LogP contribution in [0.25, 0.3) is 55.5 Å². The number of fused-ring (bicyclic) bond motifs is 4. The highest BCUT2D eigenvalue weighted by molar-refractivity contribution is 9.12. The van der Waals surface area contributed by atoms with Gasteiger partial charge in [0.1, 0.15) is 22.1 Å². The number of oxazole rings is 4. The van der Waals surface area contributed by atoms with E-state index in [1.807, 2.05) is 54.6 Å². The third kappa shape index (κ3) is 25.1. The van der Waals surface area contributed by atoms with Crippen molar-refractivity contribution in [2.24, 2.45) is 11.5 Å². The second-order valence-electron chi connectivity index (χ2n) is 22.1. The highest BCUT2D eigenvalue weighted by atomic mass is 79.9. The third-order valence-electron chi connectivity index (χ3n) is 13.9. The summed E-state index contributed by atoms with van der Waals surface area (Å²) in [6.45, 7) is 31.6. The zero-order valence-corrected chi connectivity index (χ0v) is 58.0. The first-order valence-electron chi connectivity index (χ1n) is 30.0. The maximum absolute atomic E-state index is 12.1. The average molecular weight is 1480 g/mol. The molecule has 4 aromatic heterocycles. The number of halogens is 9. The minimum absolute atomic E-state index is 0.224. The van der Waals surface area contributed by atoms with Gasteiger partial charge in [-0.05, 0) is 136 Å². The molecular weight excluding hydrogens is 1400 g/mol. The Bertz CT molecular complexity index is 3710. The lowest BCUT2D eigenvalue weighted by Crippen LogP contribution is -2.41. The molecule has 2 amide bonds. The fraction of sp³-hybridized carbons (Fsp3) is 0.424. The molecule has 6 N–H and O–H groups in total. The van der Waals surface area contributed by atoms with Crippen LogP contribution in [0.3, 0.4) is 0 Å². The highest BCUT2D eigenvalue weighted by Crippen LogP contribution is 2.37. The summed E-state index contributed by atoms with van der Waals surface area (Å²) >= 11 is 9.25. The van der Waals surface area contributed by atoms with Crippen molar-refractivity contribution < 1.29 is 62.9 Å². The van der Waals surface area contributed by atoms with Crippen molar-refractivity contribution in [3.05, 3.63) is 147 Å². The number of nitrogens with two attached hydrogens (primary N) is 2. The molecule has 1 aliphatic heterocycles. The van der Waals surface area contributed by atoms with Crippen LogP contribution >= 0.6 is 47.8 Å². The van der Waals surface area contributed by atoms with Crippen molar-refractivity contribution in [1.29, 1.82) is 0 Å². The maximum atomic E-state index is 12.1. The number of nitrogens with zero attached hydrogens (tertiary/aromatic N) is 4. The molecule has 1 fully saturated rings. The summed E-state index contributed by atoms with van der Waals surface area (Å²) in [5.74, 6) is -0.838. The van der Waals surface area contributed by atoms with Crippen LogP contribution in [-0.2, 0) is 44.6 Å². The number of carbonyl (C=O) groups excluding carboxylic acids is 2. The first-order valence-corrected chi connectivity index (χ1v) is 32.4. The fourth-order valence-electron chi connectivity index (χ4n) is 7.97. The molecular formula is C66H82BBr3F6N8O8. The quantitative estimate of drug-likeness (QED) is 0.0387. The number of alkyl halides is 6. The minimum atomic E-state index is -4.90. The van der Waals surface area contributed by atoms with Crippen LogP contribution in [0.15, 0.2) is 130 Å². The van der Waals surface area contributed by atoms with Gasteiger partial charge in [-0.3, -0.25) is 9.59 Å². The van der Waals surface area contributed by atoms with E-state index in [0.29, 0.717) is 41.2 Å². The summed E-state index contributed by atoms with van der Waals surface area (Å²) < 4.78 is 108. The predicted molar refractivity (Wildman–Crippen MR) is 364 cm³/mol. The van der Waals surface area contributed by atoms with Crippen molar-refractivity contribution in [2.75, 3.05) is 26.2 Å². The van der Waals surface area contributed by atoms with Crippen molar-refractivity contribution in [1.82, 2.24) is 30.6 Å². The Morgan fingerprint density at radius 3 is 1.20 bits per heavy atom. The van der Waals surface area contributed by atoms with Gasteiger partial charge in [-0.25, -0.2) is 19.9 Å². The molecule has 0 unspecified atom stereocenters. The first-order chi connectivity index (χ1) is 43.3. The molecule has 0 atom stereocenters. The number of aromatic nitrogens is 4. The first kappa shape index (κ1) is 78.0. The molecule has 92 heavy (non-hydrogen) atoms. The molecule has 1 aliphatic rings. The molecule has 1 saturated heterocycles. The van der Waals surface area contributed by atoms with E-state index in [9.17, 15) is 35.9 Å². The summed E-state index contributed by atoms with van der Waals surface area (Å²) in [7, 11) is -0.362. The van der Waals surface area contributed by atoms with Gasteiger partial charge in [0.2, 0.25) is 0 Å².